The van der Waals surface area contributed by atoms with Crippen molar-refractivity contribution in [2.45, 2.75) is 13.5 Å². The quantitative estimate of drug-likeness (QED) is 0.732. The summed E-state index contributed by atoms with van der Waals surface area (Å²) in [5, 5.41) is 8.70. The fourth-order valence-electron chi connectivity index (χ4n) is 1.07. The van der Waals surface area contributed by atoms with Crippen LogP contribution < -0.4 is 5.56 Å². The fraction of sp³-hybridized carbons (Fsp3) is 0.200. The zero-order chi connectivity index (χ0) is 10.7. The van der Waals surface area contributed by atoms with Crippen molar-refractivity contribution in [3.63, 3.8) is 0 Å². The molecule has 0 aliphatic carbocycles. The SMILES string of the molecule is C=C(C)Cn1cc(C(=O)O)ccc1=O. The molecule has 0 unspecified atom stereocenters. The van der Waals surface area contributed by atoms with Crippen LogP contribution >= 0.6 is 0 Å². The van der Waals surface area contributed by atoms with Gasteiger partial charge in [0.25, 0.3) is 5.56 Å². The van der Waals surface area contributed by atoms with Gasteiger partial charge in [-0.25, -0.2) is 4.79 Å². The first-order valence-electron chi connectivity index (χ1n) is 4.09. The summed E-state index contributed by atoms with van der Waals surface area (Å²) in [6, 6.07) is 2.53. The van der Waals surface area contributed by atoms with Gasteiger partial charge in [-0.1, -0.05) is 12.2 Å². The number of nitrogens with zero attached hydrogens (tertiary/aromatic N) is 1. The molecule has 1 rings (SSSR count). The maximum absolute atomic E-state index is 11.3. The molecule has 4 heteroatoms. The highest BCUT2D eigenvalue weighted by molar-refractivity contribution is 5.87. The molecular weight excluding hydrogens is 182 g/mol. The third-order valence-corrected chi connectivity index (χ3v) is 1.67. The van der Waals surface area contributed by atoms with E-state index in [0.717, 1.165) is 5.57 Å². The molecule has 0 aliphatic rings. The molecule has 0 aliphatic heterocycles. The largest absolute Gasteiger partial charge is 0.478 e. The van der Waals surface area contributed by atoms with E-state index in [0.29, 0.717) is 6.54 Å². The van der Waals surface area contributed by atoms with E-state index in [1.54, 1.807) is 6.92 Å². The van der Waals surface area contributed by atoms with E-state index >= 15 is 0 Å². The number of hydrogen-bond donors (Lipinski definition) is 1. The van der Waals surface area contributed by atoms with E-state index in [1.165, 1.54) is 22.9 Å². The predicted octanol–water partition coefficient (Wildman–Crippen LogP) is 1.12. The van der Waals surface area contributed by atoms with Gasteiger partial charge in [0.2, 0.25) is 0 Å². The highest BCUT2D eigenvalue weighted by atomic mass is 16.4. The van der Waals surface area contributed by atoms with E-state index < -0.39 is 5.97 Å². The minimum absolute atomic E-state index is 0.103. The molecule has 0 amide bonds. The number of carbonyl (C=O) groups is 1. The van der Waals surface area contributed by atoms with Crippen LogP contribution in [0.1, 0.15) is 17.3 Å². The molecule has 1 aromatic rings. The second-order valence-electron chi connectivity index (χ2n) is 3.15. The summed E-state index contributed by atoms with van der Waals surface area (Å²) >= 11 is 0. The Morgan fingerprint density at radius 2 is 2.21 bits per heavy atom. The van der Waals surface area contributed by atoms with Crippen LogP contribution in [0, 0.1) is 0 Å². The molecular formula is C10H11NO3. The number of carboxylic acids is 1. The minimum Gasteiger partial charge on any atom is -0.478 e. The average molecular weight is 193 g/mol. The molecule has 0 spiro atoms. The first-order chi connectivity index (χ1) is 6.50. The normalized spacial score (nSPS) is 9.79. The second kappa shape index (κ2) is 3.91. The zero-order valence-electron chi connectivity index (χ0n) is 7.86. The lowest BCUT2D eigenvalue weighted by molar-refractivity contribution is 0.0696. The van der Waals surface area contributed by atoms with Crippen molar-refractivity contribution in [1.82, 2.24) is 4.57 Å². The molecule has 0 saturated carbocycles. The monoisotopic (exact) mass is 193 g/mol. The standard InChI is InChI=1S/C10H11NO3/c1-7(2)5-11-6-8(10(13)14)3-4-9(11)12/h3-4,6H,1,5H2,2H3,(H,13,14). The summed E-state index contributed by atoms with van der Waals surface area (Å²) in [4.78, 5) is 21.9. The van der Waals surface area contributed by atoms with Gasteiger partial charge in [0.1, 0.15) is 0 Å². The molecule has 1 heterocycles. The summed E-state index contributed by atoms with van der Waals surface area (Å²) < 4.78 is 1.33. The third kappa shape index (κ3) is 2.32. The third-order valence-electron chi connectivity index (χ3n) is 1.67. The highest BCUT2D eigenvalue weighted by Gasteiger charge is 2.04. The van der Waals surface area contributed by atoms with Crippen LogP contribution in [0.4, 0.5) is 0 Å². The number of aromatic nitrogens is 1. The Morgan fingerprint density at radius 3 is 2.71 bits per heavy atom. The highest BCUT2D eigenvalue weighted by Crippen LogP contribution is 1.98. The Morgan fingerprint density at radius 1 is 1.57 bits per heavy atom. The van der Waals surface area contributed by atoms with Crippen molar-refractivity contribution in [2.24, 2.45) is 0 Å². The van der Waals surface area contributed by atoms with Crippen LogP contribution in [0.3, 0.4) is 0 Å². The molecule has 1 N–H and O–H groups in total. The number of carboxylic acid groups (broad SMARTS) is 1. The van der Waals surface area contributed by atoms with Gasteiger partial charge in [-0.3, -0.25) is 4.79 Å². The van der Waals surface area contributed by atoms with Crippen molar-refractivity contribution in [3.05, 3.63) is 46.4 Å². The van der Waals surface area contributed by atoms with Gasteiger partial charge >= 0.3 is 5.97 Å². The Hall–Kier alpha value is -1.84. The van der Waals surface area contributed by atoms with Crippen LogP contribution in [0.25, 0.3) is 0 Å². The van der Waals surface area contributed by atoms with Crippen molar-refractivity contribution in [3.8, 4) is 0 Å². The zero-order valence-corrected chi connectivity index (χ0v) is 7.86. The molecule has 0 bridgehead atoms. The van der Waals surface area contributed by atoms with Crippen LogP contribution in [0.2, 0.25) is 0 Å². The molecule has 14 heavy (non-hydrogen) atoms. The van der Waals surface area contributed by atoms with Crippen LogP contribution in [0.5, 0.6) is 0 Å². The van der Waals surface area contributed by atoms with Gasteiger partial charge in [0, 0.05) is 18.8 Å². The lowest BCUT2D eigenvalue weighted by atomic mass is 10.2. The van der Waals surface area contributed by atoms with Gasteiger partial charge < -0.3 is 9.67 Å². The van der Waals surface area contributed by atoms with E-state index in [2.05, 4.69) is 6.58 Å². The number of pyridine rings is 1. The van der Waals surface area contributed by atoms with E-state index in [1.807, 2.05) is 0 Å². The topological polar surface area (TPSA) is 59.3 Å². The lowest BCUT2D eigenvalue weighted by Crippen LogP contribution is -2.20. The predicted molar refractivity (Wildman–Crippen MR) is 52.5 cm³/mol. The van der Waals surface area contributed by atoms with Crippen molar-refractivity contribution >= 4 is 5.97 Å². The first kappa shape index (κ1) is 10.2. The lowest BCUT2D eigenvalue weighted by Gasteiger charge is -2.05. The van der Waals surface area contributed by atoms with Gasteiger partial charge in [0.05, 0.1) is 5.56 Å². The molecule has 4 nitrogen and oxygen atoms in total. The van der Waals surface area contributed by atoms with Crippen LogP contribution in [0.15, 0.2) is 35.3 Å². The smallest absolute Gasteiger partial charge is 0.337 e. The van der Waals surface area contributed by atoms with E-state index in [-0.39, 0.29) is 11.1 Å². The average Bonchev–Trinajstić information content (AvgIpc) is 2.07. The Labute approximate surface area is 81.1 Å². The Balaban J connectivity index is 3.15. The summed E-state index contributed by atoms with van der Waals surface area (Å²) in [6.07, 6.45) is 1.32. The Kier molecular flexibility index (Phi) is 2.86. The molecule has 0 radical (unpaired) electrons. The molecule has 74 valence electrons. The molecule has 0 aromatic carbocycles. The Bertz CT molecular complexity index is 431. The summed E-state index contributed by atoms with van der Waals surface area (Å²) in [5.41, 5.74) is 0.679. The van der Waals surface area contributed by atoms with Crippen LogP contribution in [-0.4, -0.2) is 15.6 Å². The maximum Gasteiger partial charge on any atom is 0.337 e. The van der Waals surface area contributed by atoms with Gasteiger partial charge in [-0.15, -0.1) is 0 Å². The first-order valence-corrected chi connectivity index (χ1v) is 4.09. The molecule has 0 atom stereocenters. The number of allylic oxidation sites excluding steroid dienone is 1. The molecule has 0 fully saturated rings. The molecule has 1 aromatic heterocycles. The fourth-order valence-corrected chi connectivity index (χ4v) is 1.07. The van der Waals surface area contributed by atoms with E-state index in [4.69, 9.17) is 5.11 Å². The minimum atomic E-state index is -1.04. The summed E-state index contributed by atoms with van der Waals surface area (Å²) in [5.74, 6) is -1.04. The van der Waals surface area contributed by atoms with Gasteiger partial charge in [-0.05, 0) is 13.0 Å². The van der Waals surface area contributed by atoms with E-state index in [9.17, 15) is 9.59 Å². The van der Waals surface area contributed by atoms with Crippen molar-refractivity contribution in [2.75, 3.05) is 0 Å². The van der Waals surface area contributed by atoms with Crippen LogP contribution in [-0.2, 0) is 6.54 Å². The molecule has 0 saturated heterocycles. The number of rotatable bonds is 3. The summed E-state index contributed by atoms with van der Waals surface area (Å²) in [7, 11) is 0. The van der Waals surface area contributed by atoms with Gasteiger partial charge in [0.15, 0.2) is 0 Å². The van der Waals surface area contributed by atoms with Crippen molar-refractivity contribution in [1.29, 1.82) is 0 Å². The van der Waals surface area contributed by atoms with Crippen molar-refractivity contribution < 1.29 is 9.90 Å². The second-order valence-corrected chi connectivity index (χ2v) is 3.15. The summed E-state index contributed by atoms with van der Waals surface area (Å²) in [6.45, 7) is 5.78. The van der Waals surface area contributed by atoms with Gasteiger partial charge in [-0.2, -0.15) is 0 Å². The number of aromatic carboxylic acids is 1. The number of hydrogen-bond acceptors (Lipinski definition) is 2. The maximum atomic E-state index is 11.3.